The standard InChI is InChI=1S/C43H84NO8P/c1-3-5-7-9-11-13-15-16-17-18-19-20-21-22-23-24-26-27-29-31-33-35-42(45)49-39-41(40-51-53(47,48)50-38-37-44)52-43(46)36-34-32-30-28-25-14-12-10-8-6-4-2/h10,12,41H,3-9,11,13-40,44H2,1-2H3,(H,47,48)/b12-10-. The zero-order valence-corrected chi connectivity index (χ0v) is 35.4. The van der Waals surface area contributed by atoms with Gasteiger partial charge in [0, 0.05) is 19.4 Å². The van der Waals surface area contributed by atoms with E-state index in [0.29, 0.717) is 6.42 Å². The number of allylic oxidation sites excluding steroid dienone is 2. The summed E-state index contributed by atoms with van der Waals surface area (Å²) in [5.74, 6) is -0.830. The second-order valence-corrected chi connectivity index (χ2v) is 16.4. The number of unbranched alkanes of at least 4 members (excludes halogenated alkanes) is 27. The van der Waals surface area contributed by atoms with Crippen LogP contribution in [0.5, 0.6) is 0 Å². The molecule has 0 heterocycles. The van der Waals surface area contributed by atoms with E-state index in [1.165, 1.54) is 128 Å². The first kappa shape index (κ1) is 51.8. The summed E-state index contributed by atoms with van der Waals surface area (Å²) in [6.07, 6.45) is 41.1. The third kappa shape index (κ3) is 40.2. The minimum atomic E-state index is -4.37. The van der Waals surface area contributed by atoms with E-state index in [2.05, 4.69) is 26.0 Å². The second-order valence-electron chi connectivity index (χ2n) is 14.9. The van der Waals surface area contributed by atoms with Gasteiger partial charge in [-0.3, -0.25) is 18.6 Å². The van der Waals surface area contributed by atoms with Crippen molar-refractivity contribution in [1.82, 2.24) is 0 Å². The van der Waals surface area contributed by atoms with Crippen LogP contribution in [-0.4, -0.2) is 49.3 Å². The van der Waals surface area contributed by atoms with Crippen LogP contribution in [0.25, 0.3) is 0 Å². The summed E-state index contributed by atoms with van der Waals surface area (Å²) in [6, 6.07) is 0. The molecule has 0 bridgehead atoms. The Morgan fingerprint density at radius 3 is 1.40 bits per heavy atom. The molecule has 0 aromatic heterocycles. The van der Waals surface area contributed by atoms with Gasteiger partial charge in [-0.1, -0.05) is 187 Å². The molecular formula is C43H84NO8P. The zero-order valence-electron chi connectivity index (χ0n) is 34.5. The third-order valence-corrected chi connectivity index (χ3v) is 10.6. The summed E-state index contributed by atoms with van der Waals surface area (Å²) in [7, 11) is -4.37. The molecule has 0 aliphatic carbocycles. The first-order chi connectivity index (χ1) is 25.8. The van der Waals surface area contributed by atoms with Gasteiger partial charge >= 0.3 is 19.8 Å². The first-order valence-corrected chi connectivity index (χ1v) is 23.7. The van der Waals surface area contributed by atoms with Gasteiger partial charge < -0.3 is 20.1 Å². The Labute approximate surface area is 326 Å². The highest BCUT2D eigenvalue weighted by Gasteiger charge is 2.26. The van der Waals surface area contributed by atoms with Gasteiger partial charge in [-0.15, -0.1) is 0 Å². The summed E-state index contributed by atoms with van der Waals surface area (Å²) in [5, 5.41) is 0. The number of esters is 2. The van der Waals surface area contributed by atoms with Gasteiger partial charge in [0.05, 0.1) is 13.2 Å². The zero-order chi connectivity index (χ0) is 38.9. The van der Waals surface area contributed by atoms with Crippen molar-refractivity contribution >= 4 is 19.8 Å². The molecule has 9 nitrogen and oxygen atoms in total. The van der Waals surface area contributed by atoms with E-state index in [0.717, 1.165) is 57.8 Å². The van der Waals surface area contributed by atoms with Crippen LogP contribution in [0.1, 0.15) is 219 Å². The molecule has 0 aliphatic heterocycles. The molecule has 314 valence electrons. The largest absolute Gasteiger partial charge is 0.472 e. The maximum absolute atomic E-state index is 12.5. The van der Waals surface area contributed by atoms with Crippen LogP contribution in [0, 0.1) is 0 Å². The molecule has 0 fully saturated rings. The SMILES string of the molecule is CCCC/C=C\CCCCCCCC(=O)OC(COC(=O)CCCCCCCCCCCCCCCCCCCCCCC)COP(=O)(O)OCCN. The number of hydrogen-bond donors (Lipinski definition) is 2. The number of ether oxygens (including phenoxy) is 2. The summed E-state index contributed by atoms with van der Waals surface area (Å²) < 4.78 is 32.7. The van der Waals surface area contributed by atoms with Gasteiger partial charge in [0.2, 0.25) is 0 Å². The van der Waals surface area contributed by atoms with E-state index >= 15 is 0 Å². The van der Waals surface area contributed by atoms with Gasteiger partial charge in [-0.25, -0.2) is 4.57 Å². The molecule has 0 aromatic carbocycles. The summed E-state index contributed by atoms with van der Waals surface area (Å²) in [5.41, 5.74) is 5.34. The predicted molar refractivity (Wildman–Crippen MR) is 220 cm³/mol. The molecule has 2 atom stereocenters. The van der Waals surface area contributed by atoms with Gasteiger partial charge in [-0.2, -0.15) is 0 Å². The van der Waals surface area contributed by atoms with Crippen molar-refractivity contribution in [2.24, 2.45) is 5.73 Å². The molecular weight excluding hydrogens is 689 g/mol. The normalized spacial score (nSPS) is 13.4. The molecule has 0 rings (SSSR count). The van der Waals surface area contributed by atoms with E-state index in [4.69, 9.17) is 24.3 Å². The fourth-order valence-corrected chi connectivity index (χ4v) is 7.09. The van der Waals surface area contributed by atoms with Crippen LogP contribution in [0.4, 0.5) is 0 Å². The van der Waals surface area contributed by atoms with E-state index < -0.39 is 26.5 Å². The van der Waals surface area contributed by atoms with Crippen LogP contribution in [0.15, 0.2) is 12.2 Å². The lowest BCUT2D eigenvalue weighted by Gasteiger charge is -2.19. The molecule has 3 N–H and O–H groups in total. The van der Waals surface area contributed by atoms with Crippen molar-refractivity contribution in [2.75, 3.05) is 26.4 Å². The molecule has 0 spiro atoms. The molecule has 0 saturated heterocycles. The van der Waals surface area contributed by atoms with Crippen molar-refractivity contribution < 1.29 is 37.6 Å². The maximum Gasteiger partial charge on any atom is 0.472 e. The maximum atomic E-state index is 12.5. The second kappa shape index (κ2) is 40.4. The number of carbonyl (C=O) groups excluding carboxylic acids is 2. The number of carbonyl (C=O) groups is 2. The fraction of sp³-hybridized carbons (Fsp3) is 0.907. The lowest BCUT2D eigenvalue weighted by atomic mass is 10.0. The highest BCUT2D eigenvalue weighted by molar-refractivity contribution is 7.47. The van der Waals surface area contributed by atoms with Crippen molar-refractivity contribution in [3.63, 3.8) is 0 Å². The molecule has 0 aromatic rings. The van der Waals surface area contributed by atoms with Gasteiger partial charge in [0.15, 0.2) is 6.10 Å². The summed E-state index contributed by atoms with van der Waals surface area (Å²) in [6.45, 7) is 3.71. The van der Waals surface area contributed by atoms with E-state index in [1.807, 2.05) is 0 Å². The number of rotatable bonds is 42. The van der Waals surface area contributed by atoms with E-state index in [9.17, 15) is 19.0 Å². The molecule has 53 heavy (non-hydrogen) atoms. The van der Waals surface area contributed by atoms with E-state index in [1.54, 1.807) is 0 Å². The lowest BCUT2D eigenvalue weighted by Crippen LogP contribution is -2.29. The molecule has 0 saturated carbocycles. The van der Waals surface area contributed by atoms with Crippen molar-refractivity contribution in [1.29, 1.82) is 0 Å². The smallest absolute Gasteiger partial charge is 0.462 e. The van der Waals surface area contributed by atoms with Crippen LogP contribution in [0.3, 0.4) is 0 Å². The highest BCUT2D eigenvalue weighted by atomic mass is 31.2. The van der Waals surface area contributed by atoms with Crippen molar-refractivity contribution in [3.8, 4) is 0 Å². The molecule has 0 radical (unpaired) electrons. The average molecular weight is 774 g/mol. The van der Waals surface area contributed by atoms with Crippen LogP contribution >= 0.6 is 7.82 Å². The van der Waals surface area contributed by atoms with Gasteiger partial charge in [0.25, 0.3) is 0 Å². The van der Waals surface area contributed by atoms with Gasteiger partial charge in [-0.05, 0) is 32.1 Å². The van der Waals surface area contributed by atoms with Crippen LogP contribution in [-0.2, 0) is 32.7 Å². The van der Waals surface area contributed by atoms with Crippen LogP contribution < -0.4 is 5.73 Å². The first-order valence-electron chi connectivity index (χ1n) is 22.2. The number of phosphoric acid groups is 1. The van der Waals surface area contributed by atoms with Crippen molar-refractivity contribution in [2.45, 2.75) is 225 Å². The summed E-state index contributed by atoms with van der Waals surface area (Å²) >= 11 is 0. The Bertz CT molecular complexity index is 886. The number of hydrogen-bond acceptors (Lipinski definition) is 8. The molecule has 0 amide bonds. The fourth-order valence-electron chi connectivity index (χ4n) is 6.32. The molecule has 2 unspecified atom stereocenters. The molecule has 0 aliphatic rings. The Hall–Kier alpha value is -1.25. The average Bonchev–Trinajstić information content (AvgIpc) is 3.14. The Balaban J connectivity index is 4.01. The lowest BCUT2D eigenvalue weighted by molar-refractivity contribution is -0.161. The molecule has 10 heteroatoms. The van der Waals surface area contributed by atoms with Crippen LogP contribution in [0.2, 0.25) is 0 Å². The minimum Gasteiger partial charge on any atom is -0.462 e. The predicted octanol–water partition coefficient (Wildman–Crippen LogP) is 12.6. The Morgan fingerprint density at radius 1 is 0.547 bits per heavy atom. The highest BCUT2D eigenvalue weighted by Crippen LogP contribution is 2.43. The number of nitrogens with two attached hydrogens (primary N) is 1. The quantitative estimate of drug-likeness (QED) is 0.0269. The third-order valence-electron chi connectivity index (χ3n) is 9.65. The Kier molecular flexibility index (Phi) is 39.5. The Morgan fingerprint density at radius 2 is 0.943 bits per heavy atom. The number of phosphoric ester groups is 1. The van der Waals surface area contributed by atoms with E-state index in [-0.39, 0.29) is 38.6 Å². The monoisotopic (exact) mass is 774 g/mol. The van der Waals surface area contributed by atoms with Gasteiger partial charge in [0.1, 0.15) is 6.61 Å². The minimum absolute atomic E-state index is 0.0547. The van der Waals surface area contributed by atoms with Crippen molar-refractivity contribution in [3.05, 3.63) is 12.2 Å². The summed E-state index contributed by atoms with van der Waals surface area (Å²) in [4.78, 5) is 34.8. The topological polar surface area (TPSA) is 134 Å².